The van der Waals surface area contributed by atoms with E-state index in [4.69, 9.17) is 4.98 Å². The van der Waals surface area contributed by atoms with Crippen LogP contribution < -0.4 is 20.1 Å². The number of nitrogens with zero attached hydrogens (tertiary/aromatic N) is 2. The van der Waals surface area contributed by atoms with Gasteiger partial charge in [-0.25, -0.2) is 18.1 Å². The molecule has 0 radical (unpaired) electrons. The minimum absolute atomic E-state index is 0.110. The monoisotopic (exact) mass is 585 g/mol. The topological polar surface area (TPSA) is 105 Å². The molecule has 0 bridgehead atoms. The molecule has 1 aromatic heterocycles. The zero-order chi connectivity index (χ0) is 28.9. The van der Waals surface area contributed by atoms with Gasteiger partial charge in [0.2, 0.25) is 16.0 Å². The quantitative estimate of drug-likeness (QED) is 0.196. The summed E-state index contributed by atoms with van der Waals surface area (Å²) < 4.78 is 68.7. The minimum Gasteiger partial charge on any atom is -0.406 e. The van der Waals surface area contributed by atoms with E-state index in [0.29, 0.717) is 18.4 Å². The van der Waals surface area contributed by atoms with Crippen LogP contribution in [-0.4, -0.2) is 37.8 Å². The highest BCUT2D eigenvalue weighted by atomic mass is 32.2. The smallest absolute Gasteiger partial charge is 0.406 e. The molecule has 3 aromatic carbocycles. The van der Waals surface area contributed by atoms with E-state index in [1.165, 1.54) is 0 Å². The molecule has 0 saturated heterocycles. The second-order valence-corrected chi connectivity index (χ2v) is 11.8. The van der Waals surface area contributed by atoms with Crippen LogP contribution in [0.4, 0.5) is 30.6 Å². The van der Waals surface area contributed by atoms with Crippen LogP contribution in [0.3, 0.4) is 0 Å². The number of sulfonamides is 1. The van der Waals surface area contributed by atoms with E-state index in [1.807, 2.05) is 54.6 Å². The third-order valence-corrected chi connectivity index (χ3v) is 8.52. The summed E-state index contributed by atoms with van der Waals surface area (Å²) in [5.74, 6) is 1.37. The molecule has 0 amide bonds. The number of benzene rings is 3. The number of ether oxygens (including phenoxy) is 1. The molecule has 4 aromatic rings. The molecule has 41 heavy (non-hydrogen) atoms. The summed E-state index contributed by atoms with van der Waals surface area (Å²) in [4.78, 5) is 9.30. The largest absolute Gasteiger partial charge is 0.573 e. The van der Waals surface area contributed by atoms with Crippen molar-refractivity contribution in [2.24, 2.45) is 11.8 Å². The van der Waals surface area contributed by atoms with Crippen LogP contribution in [-0.2, 0) is 10.0 Å². The second-order valence-electron chi connectivity index (χ2n) is 10.0. The molecule has 3 N–H and O–H groups in total. The van der Waals surface area contributed by atoms with E-state index in [-0.39, 0.29) is 17.4 Å². The van der Waals surface area contributed by atoms with Crippen molar-refractivity contribution in [3.63, 3.8) is 0 Å². The van der Waals surface area contributed by atoms with Crippen molar-refractivity contribution < 1.29 is 26.3 Å². The molecule has 0 atom stereocenters. The van der Waals surface area contributed by atoms with Crippen LogP contribution in [0.1, 0.15) is 25.7 Å². The highest BCUT2D eigenvalue weighted by molar-refractivity contribution is 7.89. The first-order valence-corrected chi connectivity index (χ1v) is 14.8. The summed E-state index contributed by atoms with van der Waals surface area (Å²) in [6, 6.07) is 21.8. The van der Waals surface area contributed by atoms with Gasteiger partial charge in [0, 0.05) is 24.2 Å². The average Bonchev–Trinajstić information content (AvgIpc) is 2.96. The first kappa shape index (κ1) is 28.6. The van der Waals surface area contributed by atoms with Gasteiger partial charge in [0.1, 0.15) is 11.6 Å². The van der Waals surface area contributed by atoms with E-state index < -0.39 is 22.1 Å². The Labute approximate surface area is 236 Å². The maximum atomic E-state index is 12.6. The number of halogens is 3. The van der Waals surface area contributed by atoms with Crippen molar-refractivity contribution in [2.45, 2.75) is 36.9 Å². The van der Waals surface area contributed by atoms with Crippen LogP contribution >= 0.6 is 0 Å². The fourth-order valence-corrected chi connectivity index (χ4v) is 6.03. The Hall–Kier alpha value is -3.90. The van der Waals surface area contributed by atoms with Gasteiger partial charge in [0.15, 0.2) is 0 Å². The van der Waals surface area contributed by atoms with Crippen LogP contribution in [0.25, 0.3) is 10.9 Å². The number of nitrogens with one attached hydrogen (secondary N) is 3. The lowest BCUT2D eigenvalue weighted by Gasteiger charge is -2.28. The third-order valence-electron chi connectivity index (χ3n) is 7.08. The highest BCUT2D eigenvalue weighted by Crippen LogP contribution is 2.30. The van der Waals surface area contributed by atoms with Gasteiger partial charge in [-0.2, -0.15) is 4.98 Å². The SMILES string of the molecule is O=S(=O)(NC[C@H]1CC[C@H](CNc2nc(Nc3ccccc3)c3ccccc3n2)CC1)c1ccc(OC(F)(F)F)cc1. The van der Waals surface area contributed by atoms with E-state index >= 15 is 0 Å². The molecule has 0 aliphatic heterocycles. The predicted octanol–water partition coefficient (Wildman–Crippen LogP) is 6.47. The fraction of sp³-hybridized carbons (Fsp3) is 0.310. The third kappa shape index (κ3) is 7.86. The van der Waals surface area contributed by atoms with Crippen LogP contribution in [0, 0.1) is 11.8 Å². The molecule has 1 aliphatic rings. The van der Waals surface area contributed by atoms with Crippen LogP contribution in [0.15, 0.2) is 83.8 Å². The number of fused-ring (bicyclic) bond motifs is 1. The first-order valence-electron chi connectivity index (χ1n) is 13.3. The van der Waals surface area contributed by atoms with Crippen molar-refractivity contribution in [3.05, 3.63) is 78.9 Å². The summed E-state index contributed by atoms with van der Waals surface area (Å²) >= 11 is 0. The maximum absolute atomic E-state index is 12.6. The molecule has 216 valence electrons. The van der Waals surface area contributed by atoms with Crippen molar-refractivity contribution in [2.75, 3.05) is 23.7 Å². The van der Waals surface area contributed by atoms with Gasteiger partial charge >= 0.3 is 6.36 Å². The molecular formula is C29H30F3N5O3S. The Balaban J connectivity index is 1.12. The van der Waals surface area contributed by atoms with Crippen molar-refractivity contribution >= 4 is 38.4 Å². The lowest BCUT2D eigenvalue weighted by Crippen LogP contribution is -2.32. The number of aromatic nitrogens is 2. The number of anilines is 3. The van der Waals surface area contributed by atoms with Gasteiger partial charge in [-0.1, -0.05) is 30.3 Å². The summed E-state index contributed by atoms with van der Waals surface area (Å²) in [6.07, 6.45) is -1.28. The lowest BCUT2D eigenvalue weighted by atomic mass is 9.82. The molecule has 8 nitrogen and oxygen atoms in total. The van der Waals surface area contributed by atoms with E-state index in [9.17, 15) is 21.6 Å². The van der Waals surface area contributed by atoms with E-state index in [2.05, 4.69) is 25.1 Å². The van der Waals surface area contributed by atoms with Gasteiger partial charge in [-0.15, -0.1) is 13.2 Å². The van der Waals surface area contributed by atoms with Crippen molar-refractivity contribution in [1.29, 1.82) is 0 Å². The van der Waals surface area contributed by atoms with Crippen molar-refractivity contribution in [3.8, 4) is 5.75 Å². The Bertz CT molecular complexity index is 1560. The molecule has 0 spiro atoms. The van der Waals surface area contributed by atoms with Gasteiger partial charge in [0.05, 0.1) is 10.4 Å². The highest BCUT2D eigenvalue weighted by Gasteiger charge is 2.31. The molecule has 1 heterocycles. The normalized spacial score (nSPS) is 17.7. The van der Waals surface area contributed by atoms with E-state index in [0.717, 1.165) is 72.4 Å². The Morgan fingerprint density at radius 2 is 1.44 bits per heavy atom. The standard InChI is InChI=1S/C29H30F3N5O3S/c30-29(31,32)40-23-14-16-24(17-15-23)41(38,39)34-19-21-12-10-20(11-13-21)18-33-28-36-26-9-5-4-8-25(26)27(37-28)35-22-6-2-1-3-7-22/h1-9,14-17,20-21,34H,10-13,18-19H2,(H2,33,35,36,37)/t20-,21-. The maximum Gasteiger partial charge on any atom is 0.573 e. The van der Waals surface area contributed by atoms with Gasteiger partial charge in [-0.3, -0.25) is 0 Å². The summed E-state index contributed by atoms with van der Waals surface area (Å²) in [5, 5.41) is 7.70. The first-order chi connectivity index (χ1) is 19.6. The van der Waals surface area contributed by atoms with Crippen LogP contribution in [0.5, 0.6) is 5.75 Å². The fourth-order valence-electron chi connectivity index (χ4n) is 4.92. The van der Waals surface area contributed by atoms with Crippen molar-refractivity contribution in [1.82, 2.24) is 14.7 Å². The zero-order valence-electron chi connectivity index (χ0n) is 22.1. The lowest BCUT2D eigenvalue weighted by molar-refractivity contribution is -0.274. The van der Waals surface area contributed by atoms with Gasteiger partial charge < -0.3 is 15.4 Å². The molecule has 5 rings (SSSR count). The number of para-hydroxylation sites is 2. The number of alkyl halides is 3. The molecule has 12 heteroatoms. The number of rotatable bonds is 10. The second kappa shape index (κ2) is 12.3. The summed E-state index contributed by atoms with van der Waals surface area (Å²) in [5.41, 5.74) is 1.77. The zero-order valence-corrected chi connectivity index (χ0v) is 22.9. The average molecular weight is 586 g/mol. The molecule has 0 unspecified atom stereocenters. The number of hydrogen-bond acceptors (Lipinski definition) is 7. The summed E-state index contributed by atoms with van der Waals surface area (Å²) in [7, 11) is -3.85. The minimum atomic E-state index is -4.84. The van der Waals surface area contributed by atoms with Crippen LogP contribution in [0.2, 0.25) is 0 Å². The van der Waals surface area contributed by atoms with E-state index in [1.54, 1.807) is 0 Å². The molecule has 1 aliphatic carbocycles. The molecular weight excluding hydrogens is 555 g/mol. The predicted molar refractivity (Wildman–Crippen MR) is 152 cm³/mol. The molecule has 1 saturated carbocycles. The van der Waals surface area contributed by atoms with Gasteiger partial charge in [0.25, 0.3) is 0 Å². The Kier molecular flexibility index (Phi) is 8.60. The Morgan fingerprint density at radius 1 is 0.805 bits per heavy atom. The van der Waals surface area contributed by atoms with Gasteiger partial charge in [-0.05, 0) is 86.1 Å². The summed E-state index contributed by atoms with van der Waals surface area (Å²) in [6.45, 7) is 0.972. The number of hydrogen-bond donors (Lipinski definition) is 3. The molecule has 1 fully saturated rings. The Morgan fingerprint density at radius 3 is 2.12 bits per heavy atom.